The number of aromatic nitrogens is 1. The smallest absolute Gasteiger partial charge is 0.297 e. The summed E-state index contributed by atoms with van der Waals surface area (Å²) in [4.78, 5) is 55.9. The summed E-state index contributed by atoms with van der Waals surface area (Å²) in [5, 5.41) is 11.9. The van der Waals surface area contributed by atoms with Crippen LogP contribution >= 0.6 is 11.3 Å². The number of hydrogen-bond acceptors (Lipinski definition) is 8. The predicted octanol–water partition coefficient (Wildman–Crippen LogP) is 4.42. The second-order valence-electron chi connectivity index (χ2n) is 7.57. The fraction of sp³-hybridized carbons (Fsp3) is 0.130. The van der Waals surface area contributed by atoms with Gasteiger partial charge in [0.25, 0.3) is 11.6 Å². The normalized spacial score (nSPS) is 15.2. The van der Waals surface area contributed by atoms with Gasteiger partial charge in [-0.25, -0.2) is 4.98 Å². The second-order valence-corrected chi connectivity index (χ2v) is 8.54. The Kier molecular flexibility index (Phi) is 4.68. The van der Waals surface area contributed by atoms with Crippen molar-refractivity contribution in [1.29, 1.82) is 0 Å². The highest BCUT2D eigenvalue weighted by atomic mass is 32.1. The molecule has 1 aliphatic heterocycles. The number of Topliss-reactive ketones (excluding diaryl/α,β-unsaturated/α-hetero) is 1. The third kappa shape index (κ3) is 3.14. The van der Waals surface area contributed by atoms with Gasteiger partial charge in [-0.15, -0.1) is 0 Å². The van der Waals surface area contributed by atoms with Crippen LogP contribution in [0.3, 0.4) is 0 Å². The minimum Gasteiger partial charge on any atom is -0.450 e. The maximum absolute atomic E-state index is 13.5. The lowest BCUT2D eigenvalue weighted by molar-refractivity contribution is -0.384. The predicted molar refractivity (Wildman–Crippen MR) is 121 cm³/mol. The van der Waals surface area contributed by atoms with Crippen molar-refractivity contribution in [3.8, 4) is 0 Å². The molecule has 0 unspecified atom stereocenters. The summed E-state index contributed by atoms with van der Waals surface area (Å²) < 4.78 is 5.85. The fourth-order valence-corrected chi connectivity index (χ4v) is 5.04. The van der Waals surface area contributed by atoms with Crippen LogP contribution < -0.4 is 10.3 Å². The van der Waals surface area contributed by atoms with Gasteiger partial charge in [-0.2, -0.15) is 0 Å². The van der Waals surface area contributed by atoms with Crippen molar-refractivity contribution >= 4 is 44.8 Å². The minimum atomic E-state index is -1.00. The summed E-state index contributed by atoms with van der Waals surface area (Å²) in [5.41, 5.74) is 0.563. The summed E-state index contributed by atoms with van der Waals surface area (Å²) in [7, 11) is 0. The van der Waals surface area contributed by atoms with E-state index in [0.717, 1.165) is 11.3 Å². The van der Waals surface area contributed by atoms with E-state index in [2.05, 4.69) is 4.98 Å². The minimum absolute atomic E-state index is 0.0800. The van der Waals surface area contributed by atoms with E-state index in [-0.39, 0.29) is 33.5 Å². The lowest BCUT2D eigenvalue weighted by Crippen LogP contribution is -2.29. The topological polar surface area (TPSA) is 124 Å². The molecule has 1 amide bonds. The highest BCUT2D eigenvalue weighted by Gasteiger charge is 2.45. The quantitative estimate of drug-likeness (QED) is 0.250. The highest BCUT2D eigenvalue weighted by molar-refractivity contribution is 7.17. The average molecular weight is 461 g/mol. The number of hydrogen-bond donors (Lipinski definition) is 0. The number of para-hydroxylation sites is 1. The number of non-ortho nitro benzene ring substituents is 1. The van der Waals surface area contributed by atoms with Gasteiger partial charge in [0, 0.05) is 19.1 Å². The lowest BCUT2D eigenvalue weighted by atomic mass is 9.98. The Balaban J connectivity index is 1.81. The number of carbonyl (C=O) groups excluding carboxylic acids is 2. The maximum atomic E-state index is 13.5. The van der Waals surface area contributed by atoms with Crippen molar-refractivity contribution in [2.45, 2.75) is 19.9 Å². The molecule has 3 heterocycles. The Bertz CT molecular complexity index is 1550. The van der Waals surface area contributed by atoms with Crippen LogP contribution in [0.15, 0.2) is 57.7 Å². The largest absolute Gasteiger partial charge is 0.450 e. The molecule has 9 nitrogen and oxygen atoms in total. The molecule has 0 aliphatic carbocycles. The van der Waals surface area contributed by atoms with E-state index in [0.29, 0.717) is 21.5 Å². The Hall–Kier alpha value is -4.18. The van der Waals surface area contributed by atoms with Crippen LogP contribution in [-0.4, -0.2) is 21.6 Å². The Morgan fingerprint density at radius 1 is 1.18 bits per heavy atom. The number of nitrogens with zero attached hydrogens (tertiary/aromatic N) is 3. The molecule has 33 heavy (non-hydrogen) atoms. The molecule has 1 aliphatic rings. The van der Waals surface area contributed by atoms with E-state index in [1.165, 1.54) is 30.0 Å². The molecule has 164 valence electrons. The molecular weight excluding hydrogens is 446 g/mol. The third-order valence-corrected chi connectivity index (χ3v) is 6.74. The van der Waals surface area contributed by atoms with Crippen molar-refractivity contribution in [3.05, 3.63) is 96.3 Å². The van der Waals surface area contributed by atoms with E-state index >= 15 is 0 Å². The van der Waals surface area contributed by atoms with Crippen LogP contribution in [0.4, 0.5) is 10.8 Å². The number of ketones is 1. The van der Waals surface area contributed by atoms with Crippen molar-refractivity contribution in [2.75, 3.05) is 4.90 Å². The third-order valence-electron chi connectivity index (χ3n) is 5.49. The number of benzene rings is 2. The molecular formula is C23H15N3O6S. The van der Waals surface area contributed by atoms with Crippen LogP contribution in [0, 0.1) is 17.0 Å². The summed E-state index contributed by atoms with van der Waals surface area (Å²) >= 11 is 1.03. The number of anilines is 1. The van der Waals surface area contributed by atoms with Gasteiger partial charge in [0.2, 0.25) is 5.76 Å². The Morgan fingerprint density at radius 3 is 2.64 bits per heavy atom. The molecule has 1 atom stereocenters. The van der Waals surface area contributed by atoms with Gasteiger partial charge in [0.05, 0.1) is 32.5 Å². The standard InChI is InChI=1S/C23H15N3O6S/c1-11-21(12(2)27)33-23(24-11)25-18(13-6-5-7-14(10-13)26(30)31)17-19(28)15-8-3-4-9-16(15)32-20(17)22(25)29/h3-10,18H,1-2H3/t18-/m0/s1. The van der Waals surface area contributed by atoms with E-state index in [1.54, 1.807) is 37.3 Å². The summed E-state index contributed by atoms with van der Waals surface area (Å²) in [6.07, 6.45) is 0. The highest BCUT2D eigenvalue weighted by Crippen LogP contribution is 2.43. The molecule has 10 heteroatoms. The van der Waals surface area contributed by atoms with Crippen LogP contribution in [0.5, 0.6) is 0 Å². The molecule has 0 bridgehead atoms. The summed E-state index contributed by atoms with van der Waals surface area (Å²) in [5.74, 6) is -0.951. The first kappa shape index (κ1) is 20.7. The van der Waals surface area contributed by atoms with Crippen molar-refractivity contribution < 1.29 is 18.9 Å². The molecule has 4 aromatic rings. The zero-order valence-corrected chi connectivity index (χ0v) is 18.2. The van der Waals surface area contributed by atoms with Gasteiger partial charge in [-0.3, -0.25) is 29.4 Å². The molecule has 0 N–H and O–H groups in total. The molecule has 0 saturated heterocycles. The number of nitro groups is 1. The SMILES string of the molecule is CC(=O)c1sc(N2C(=O)c3oc4ccccc4c(=O)c3[C@@H]2c2cccc([N+](=O)[O-])c2)nc1C. The van der Waals surface area contributed by atoms with Gasteiger partial charge >= 0.3 is 0 Å². The molecule has 5 rings (SSSR count). The van der Waals surface area contributed by atoms with Gasteiger partial charge in [-0.05, 0) is 24.6 Å². The van der Waals surface area contributed by atoms with E-state index in [9.17, 15) is 24.5 Å². The van der Waals surface area contributed by atoms with Crippen molar-refractivity contribution in [3.63, 3.8) is 0 Å². The number of nitro benzene ring substituents is 1. The Labute approximate surface area is 190 Å². The van der Waals surface area contributed by atoms with E-state index in [1.807, 2.05) is 0 Å². The molecule has 0 radical (unpaired) electrons. The van der Waals surface area contributed by atoms with Crippen molar-refractivity contribution in [2.24, 2.45) is 0 Å². The Morgan fingerprint density at radius 2 is 1.94 bits per heavy atom. The summed E-state index contributed by atoms with van der Waals surface area (Å²) in [6.45, 7) is 3.06. The number of amides is 1. The van der Waals surface area contributed by atoms with Gasteiger partial charge < -0.3 is 4.42 Å². The number of carbonyl (C=O) groups is 2. The monoisotopic (exact) mass is 461 g/mol. The van der Waals surface area contributed by atoms with E-state index < -0.39 is 22.3 Å². The fourth-order valence-electron chi connectivity index (χ4n) is 4.05. The zero-order valence-electron chi connectivity index (χ0n) is 17.4. The maximum Gasteiger partial charge on any atom is 0.297 e. The van der Waals surface area contributed by atoms with Crippen LogP contribution in [0.25, 0.3) is 11.0 Å². The van der Waals surface area contributed by atoms with Crippen LogP contribution in [0.1, 0.15) is 50.0 Å². The first-order valence-corrected chi connectivity index (χ1v) is 10.7. The van der Waals surface area contributed by atoms with Gasteiger partial charge in [-0.1, -0.05) is 35.6 Å². The molecule has 2 aromatic carbocycles. The number of aryl methyl sites for hydroxylation is 1. The molecule has 0 saturated carbocycles. The van der Waals surface area contributed by atoms with Crippen molar-refractivity contribution in [1.82, 2.24) is 4.98 Å². The number of thiazole rings is 1. The first-order valence-electron chi connectivity index (χ1n) is 9.90. The van der Waals surface area contributed by atoms with Crippen LogP contribution in [-0.2, 0) is 0 Å². The average Bonchev–Trinajstić information content (AvgIpc) is 3.32. The first-order chi connectivity index (χ1) is 15.8. The molecule has 0 spiro atoms. The lowest BCUT2D eigenvalue weighted by Gasteiger charge is -2.22. The number of fused-ring (bicyclic) bond motifs is 2. The zero-order chi connectivity index (χ0) is 23.4. The van der Waals surface area contributed by atoms with Gasteiger partial charge in [0.1, 0.15) is 5.58 Å². The van der Waals surface area contributed by atoms with Gasteiger partial charge in [0.15, 0.2) is 16.3 Å². The second kappa shape index (κ2) is 7.45. The molecule has 2 aromatic heterocycles. The van der Waals surface area contributed by atoms with Crippen LogP contribution in [0.2, 0.25) is 0 Å². The van der Waals surface area contributed by atoms with E-state index in [4.69, 9.17) is 4.42 Å². The number of rotatable bonds is 4. The molecule has 0 fully saturated rings. The summed E-state index contributed by atoms with van der Waals surface area (Å²) in [6, 6.07) is 11.3.